The van der Waals surface area contributed by atoms with Crippen molar-refractivity contribution in [3.05, 3.63) is 70.4 Å². The first kappa shape index (κ1) is 16.2. The smallest absolute Gasteiger partial charge is 0.256 e. The van der Waals surface area contributed by atoms with Crippen LogP contribution in [0.25, 0.3) is 10.8 Å². The molecule has 0 aliphatic carbocycles. The van der Waals surface area contributed by atoms with Gasteiger partial charge in [-0.25, -0.2) is 4.98 Å². The molecule has 0 saturated carbocycles. The maximum atomic E-state index is 12.1. The van der Waals surface area contributed by atoms with E-state index in [1.165, 1.54) is 10.9 Å². The average molecular weight is 324 g/mol. The van der Waals surface area contributed by atoms with E-state index < -0.39 is 6.10 Å². The van der Waals surface area contributed by atoms with Gasteiger partial charge in [0.25, 0.3) is 5.56 Å². The fraction of sp³-hybridized carbons (Fsp3) is 0.263. The molecule has 0 fully saturated rings. The summed E-state index contributed by atoms with van der Waals surface area (Å²) in [6, 6.07) is 13.8. The van der Waals surface area contributed by atoms with Gasteiger partial charge in [-0.3, -0.25) is 9.36 Å². The molecule has 3 rings (SSSR count). The summed E-state index contributed by atoms with van der Waals surface area (Å²) in [7, 11) is 0. The lowest BCUT2D eigenvalue weighted by Crippen LogP contribution is -2.31. The van der Waals surface area contributed by atoms with Gasteiger partial charge in [0, 0.05) is 11.3 Å². The molecule has 1 atom stereocenters. The van der Waals surface area contributed by atoms with Crippen LogP contribution in [0, 0.1) is 13.8 Å². The fourth-order valence-electron chi connectivity index (χ4n) is 2.54. The van der Waals surface area contributed by atoms with E-state index in [9.17, 15) is 9.90 Å². The van der Waals surface area contributed by atoms with Crippen molar-refractivity contribution in [1.82, 2.24) is 9.55 Å². The summed E-state index contributed by atoms with van der Waals surface area (Å²) < 4.78 is 7.07. The predicted molar refractivity (Wildman–Crippen MR) is 93.4 cm³/mol. The standard InChI is InChI=1S/C19H20N2O3/c1-13-14(2)20-12-21(19(13)23)10-17(22)11-24-18-8-7-15-5-3-4-6-16(15)9-18/h3-9,12,17,22H,10-11H2,1-2H3. The number of aromatic nitrogens is 2. The van der Waals surface area contributed by atoms with Crippen molar-refractivity contribution in [2.24, 2.45) is 0 Å². The van der Waals surface area contributed by atoms with Crippen molar-refractivity contribution in [2.75, 3.05) is 6.61 Å². The van der Waals surface area contributed by atoms with E-state index >= 15 is 0 Å². The van der Waals surface area contributed by atoms with Crippen LogP contribution in [0.1, 0.15) is 11.3 Å². The third kappa shape index (κ3) is 3.46. The van der Waals surface area contributed by atoms with E-state index in [-0.39, 0.29) is 18.7 Å². The van der Waals surface area contributed by atoms with Gasteiger partial charge in [0.05, 0.1) is 12.9 Å². The Kier molecular flexibility index (Phi) is 4.62. The van der Waals surface area contributed by atoms with Gasteiger partial charge in [-0.15, -0.1) is 0 Å². The molecule has 24 heavy (non-hydrogen) atoms. The molecule has 0 aliphatic heterocycles. The van der Waals surface area contributed by atoms with Crippen LogP contribution in [0.5, 0.6) is 5.75 Å². The number of aliphatic hydroxyl groups is 1. The van der Waals surface area contributed by atoms with Crippen molar-refractivity contribution in [1.29, 1.82) is 0 Å². The molecular weight excluding hydrogens is 304 g/mol. The summed E-state index contributed by atoms with van der Waals surface area (Å²) >= 11 is 0. The van der Waals surface area contributed by atoms with Gasteiger partial charge in [-0.1, -0.05) is 30.3 Å². The Morgan fingerprint density at radius 3 is 2.71 bits per heavy atom. The Balaban J connectivity index is 1.65. The lowest BCUT2D eigenvalue weighted by molar-refractivity contribution is 0.0913. The lowest BCUT2D eigenvalue weighted by Gasteiger charge is -2.14. The zero-order valence-electron chi connectivity index (χ0n) is 13.8. The lowest BCUT2D eigenvalue weighted by atomic mass is 10.1. The highest BCUT2D eigenvalue weighted by molar-refractivity contribution is 5.83. The molecule has 5 heteroatoms. The third-order valence-corrected chi connectivity index (χ3v) is 4.09. The van der Waals surface area contributed by atoms with Crippen molar-refractivity contribution in [3.63, 3.8) is 0 Å². The number of benzene rings is 2. The summed E-state index contributed by atoms with van der Waals surface area (Å²) in [5, 5.41) is 12.4. The number of hydrogen-bond donors (Lipinski definition) is 1. The van der Waals surface area contributed by atoms with Gasteiger partial charge < -0.3 is 9.84 Å². The van der Waals surface area contributed by atoms with E-state index in [1.54, 1.807) is 13.8 Å². The molecule has 124 valence electrons. The number of aryl methyl sites for hydroxylation is 1. The molecule has 0 bridgehead atoms. The number of ether oxygens (including phenoxy) is 1. The Morgan fingerprint density at radius 1 is 1.17 bits per heavy atom. The van der Waals surface area contributed by atoms with Crippen LogP contribution in [0.2, 0.25) is 0 Å². The van der Waals surface area contributed by atoms with Crippen LogP contribution in [-0.2, 0) is 6.54 Å². The van der Waals surface area contributed by atoms with Crippen molar-refractivity contribution >= 4 is 10.8 Å². The number of aliphatic hydroxyl groups excluding tert-OH is 1. The highest BCUT2D eigenvalue weighted by Gasteiger charge is 2.10. The molecule has 2 aromatic carbocycles. The third-order valence-electron chi connectivity index (χ3n) is 4.09. The van der Waals surface area contributed by atoms with Crippen LogP contribution in [-0.4, -0.2) is 27.4 Å². The van der Waals surface area contributed by atoms with Crippen molar-refractivity contribution < 1.29 is 9.84 Å². The molecule has 0 spiro atoms. The van der Waals surface area contributed by atoms with Crippen LogP contribution < -0.4 is 10.3 Å². The van der Waals surface area contributed by atoms with E-state index in [2.05, 4.69) is 4.98 Å². The van der Waals surface area contributed by atoms with Crippen molar-refractivity contribution in [3.8, 4) is 5.75 Å². The van der Waals surface area contributed by atoms with E-state index in [0.29, 0.717) is 17.0 Å². The first-order valence-electron chi connectivity index (χ1n) is 7.87. The maximum Gasteiger partial charge on any atom is 0.256 e. The predicted octanol–water partition coefficient (Wildman–Crippen LogP) is 2.45. The van der Waals surface area contributed by atoms with Crippen molar-refractivity contribution in [2.45, 2.75) is 26.5 Å². The maximum absolute atomic E-state index is 12.1. The molecule has 1 heterocycles. The summed E-state index contributed by atoms with van der Waals surface area (Å²) in [6.07, 6.45) is 0.669. The quantitative estimate of drug-likeness (QED) is 0.783. The molecule has 0 aliphatic rings. The van der Waals surface area contributed by atoms with Crippen LogP contribution >= 0.6 is 0 Å². The minimum atomic E-state index is -0.793. The fourth-order valence-corrected chi connectivity index (χ4v) is 2.54. The zero-order chi connectivity index (χ0) is 17.1. The minimum absolute atomic E-state index is 0.109. The number of hydrogen-bond acceptors (Lipinski definition) is 4. The largest absolute Gasteiger partial charge is 0.491 e. The second-order valence-electron chi connectivity index (χ2n) is 5.89. The molecule has 0 saturated heterocycles. The second-order valence-corrected chi connectivity index (χ2v) is 5.89. The van der Waals surface area contributed by atoms with Crippen LogP contribution in [0.3, 0.4) is 0 Å². The van der Waals surface area contributed by atoms with Gasteiger partial charge in [-0.05, 0) is 36.8 Å². The second kappa shape index (κ2) is 6.84. The Morgan fingerprint density at radius 2 is 1.92 bits per heavy atom. The van der Waals surface area contributed by atoms with Crippen LogP contribution in [0.15, 0.2) is 53.6 Å². The number of fused-ring (bicyclic) bond motifs is 1. The Hall–Kier alpha value is -2.66. The summed E-state index contributed by atoms with van der Waals surface area (Å²) in [5.74, 6) is 0.693. The zero-order valence-corrected chi connectivity index (χ0v) is 13.8. The van der Waals surface area contributed by atoms with Gasteiger partial charge in [0.2, 0.25) is 0 Å². The first-order valence-corrected chi connectivity index (χ1v) is 7.87. The van der Waals surface area contributed by atoms with Gasteiger partial charge in [0.1, 0.15) is 18.5 Å². The molecule has 1 N–H and O–H groups in total. The van der Waals surface area contributed by atoms with E-state index in [0.717, 1.165) is 10.8 Å². The number of nitrogens with zero attached hydrogens (tertiary/aromatic N) is 2. The first-order chi connectivity index (χ1) is 11.5. The summed E-state index contributed by atoms with van der Waals surface area (Å²) in [5.41, 5.74) is 1.17. The molecule has 5 nitrogen and oxygen atoms in total. The van der Waals surface area contributed by atoms with E-state index in [4.69, 9.17) is 4.74 Å². The molecule has 1 unspecified atom stereocenters. The van der Waals surface area contributed by atoms with Gasteiger partial charge >= 0.3 is 0 Å². The highest BCUT2D eigenvalue weighted by atomic mass is 16.5. The van der Waals surface area contributed by atoms with Crippen LogP contribution in [0.4, 0.5) is 0 Å². The average Bonchev–Trinajstić information content (AvgIpc) is 2.60. The highest BCUT2D eigenvalue weighted by Crippen LogP contribution is 2.20. The SMILES string of the molecule is Cc1ncn(CC(O)COc2ccc3ccccc3c2)c(=O)c1C. The molecule has 3 aromatic rings. The molecule has 1 aromatic heterocycles. The minimum Gasteiger partial charge on any atom is -0.491 e. The molecular formula is C19H20N2O3. The Labute approximate surface area is 140 Å². The normalized spacial score (nSPS) is 12.3. The number of rotatable bonds is 5. The van der Waals surface area contributed by atoms with Gasteiger partial charge in [0.15, 0.2) is 0 Å². The summed E-state index contributed by atoms with van der Waals surface area (Å²) in [4.78, 5) is 16.3. The monoisotopic (exact) mass is 324 g/mol. The summed E-state index contributed by atoms with van der Waals surface area (Å²) in [6.45, 7) is 3.79. The Bertz CT molecular complexity index is 918. The topological polar surface area (TPSA) is 64.3 Å². The van der Waals surface area contributed by atoms with E-state index in [1.807, 2.05) is 42.5 Å². The van der Waals surface area contributed by atoms with Gasteiger partial charge in [-0.2, -0.15) is 0 Å². The molecule has 0 radical (unpaired) electrons. The molecule has 0 amide bonds.